The van der Waals surface area contributed by atoms with E-state index in [1.165, 1.54) is 19.3 Å². The molecule has 0 aliphatic heterocycles. The van der Waals surface area contributed by atoms with Gasteiger partial charge in [-0.2, -0.15) is 0 Å². The van der Waals surface area contributed by atoms with E-state index in [1.54, 1.807) is 6.26 Å². The molecule has 0 aromatic carbocycles. The van der Waals surface area contributed by atoms with Crippen molar-refractivity contribution in [3.63, 3.8) is 0 Å². The number of halogens is 1. The van der Waals surface area contributed by atoms with Gasteiger partial charge in [0.1, 0.15) is 5.76 Å². The van der Waals surface area contributed by atoms with Crippen LogP contribution in [0.3, 0.4) is 0 Å². The third-order valence-corrected chi connectivity index (χ3v) is 4.13. The molecule has 1 heterocycles. The summed E-state index contributed by atoms with van der Waals surface area (Å²) in [6.45, 7) is 1.71. The van der Waals surface area contributed by atoms with Gasteiger partial charge in [0.25, 0.3) is 0 Å². The van der Waals surface area contributed by atoms with Gasteiger partial charge in [-0.25, -0.2) is 0 Å². The highest BCUT2D eigenvalue weighted by Gasteiger charge is 2.25. The molecule has 0 spiro atoms. The second-order valence-electron chi connectivity index (χ2n) is 4.62. The fourth-order valence-corrected chi connectivity index (χ4v) is 2.71. The van der Waals surface area contributed by atoms with Crippen molar-refractivity contribution in [2.45, 2.75) is 25.3 Å². The molecule has 1 aliphatic carbocycles. The van der Waals surface area contributed by atoms with Crippen molar-refractivity contribution in [1.29, 1.82) is 0 Å². The summed E-state index contributed by atoms with van der Waals surface area (Å²) in [5, 5.41) is 0. The van der Waals surface area contributed by atoms with Gasteiger partial charge in [0.2, 0.25) is 0 Å². The molecule has 3 nitrogen and oxygen atoms in total. The molecular weight excluding hydrogens is 268 g/mol. The molecule has 1 aromatic rings. The van der Waals surface area contributed by atoms with Gasteiger partial charge in [-0.1, -0.05) is 6.42 Å². The first-order valence-electron chi connectivity index (χ1n) is 5.85. The van der Waals surface area contributed by atoms with Crippen LogP contribution >= 0.6 is 15.9 Å². The summed E-state index contributed by atoms with van der Waals surface area (Å²) in [5.41, 5.74) is 5.85. The van der Waals surface area contributed by atoms with Crippen LogP contribution in [-0.2, 0) is 0 Å². The minimum Gasteiger partial charge on any atom is -0.466 e. The van der Waals surface area contributed by atoms with E-state index in [0.717, 1.165) is 22.7 Å². The minimum atomic E-state index is 0.185. The summed E-state index contributed by atoms with van der Waals surface area (Å²) in [5.74, 6) is 1.80. The zero-order valence-electron chi connectivity index (χ0n) is 9.66. The van der Waals surface area contributed by atoms with Crippen LogP contribution in [0.1, 0.15) is 31.1 Å². The van der Waals surface area contributed by atoms with E-state index in [1.807, 2.05) is 6.07 Å². The van der Waals surface area contributed by atoms with Crippen LogP contribution in [0.4, 0.5) is 0 Å². The molecule has 2 N–H and O–H groups in total. The monoisotopic (exact) mass is 286 g/mol. The normalized spacial score (nSPS) is 18.8. The Hall–Kier alpha value is -0.320. The summed E-state index contributed by atoms with van der Waals surface area (Å²) in [6.07, 6.45) is 5.82. The molecule has 2 rings (SSSR count). The molecule has 16 heavy (non-hydrogen) atoms. The lowest BCUT2D eigenvalue weighted by Crippen LogP contribution is -2.36. The topological polar surface area (TPSA) is 42.4 Å². The van der Waals surface area contributed by atoms with Crippen LogP contribution in [0, 0.1) is 5.92 Å². The number of nitrogens with zero attached hydrogens (tertiary/aromatic N) is 1. The van der Waals surface area contributed by atoms with Gasteiger partial charge in [0, 0.05) is 13.1 Å². The van der Waals surface area contributed by atoms with Crippen LogP contribution in [0.25, 0.3) is 0 Å². The fourth-order valence-electron chi connectivity index (χ4n) is 2.24. The number of hydrogen-bond donors (Lipinski definition) is 1. The Morgan fingerprint density at radius 3 is 2.81 bits per heavy atom. The first-order valence-corrected chi connectivity index (χ1v) is 6.65. The summed E-state index contributed by atoms with van der Waals surface area (Å²) in [7, 11) is 2.13. The minimum absolute atomic E-state index is 0.185. The zero-order valence-corrected chi connectivity index (χ0v) is 11.2. The Bertz CT molecular complexity index is 336. The van der Waals surface area contributed by atoms with Gasteiger partial charge < -0.3 is 10.2 Å². The van der Waals surface area contributed by atoms with Crippen molar-refractivity contribution in [3.8, 4) is 0 Å². The third-order valence-electron chi connectivity index (χ3n) is 3.47. The van der Waals surface area contributed by atoms with E-state index in [0.29, 0.717) is 6.54 Å². The molecule has 0 saturated heterocycles. The largest absolute Gasteiger partial charge is 0.466 e. The lowest BCUT2D eigenvalue weighted by Gasteiger charge is -2.33. The van der Waals surface area contributed by atoms with Gasteiger partial charge in [-0.3, -0.25) is 4.90 Å². The fraction of sp³-hybridized carbons (Fsp3) is 0.667. The first-order chi connectivity index (χ1) is 7.72. The van der Waals surface area contributed by atoms with E-state index in [4.69, 9.17) is 10.2 Å². The van der Waals surface area contributed by atoms with Gasteiger partial charge >= 0.3 is 0 Å². The quantitative estimate of drug-likeness (QED) is 0.905. The SMILES string of the molecule is CN(CC1CCC1)C(CN)c1occc1Br. The molecule has 1 unspecified atom stereocenters. The second-order valence-corrected chi connectivity index (χ2v) is 5.48. The highest BCUT2D eigenvalue weighted by Crippen LogP contribution is 2.32. The van der Waals surface area contributed by atoms with Crippen LogP contribution in [0.15, 0.2) is 21.2 Å². The molecule has 0 radical (unpaired) electrons. The Balaban J connectivity index is 2.00. The second kappa shape index (κ2) is 5.34. The predicted octanol–water partition coefficient (Wildman–Crippen LogP) is 2.77. The average Bonchev–Trinajstić information content (AvgIpc) is 2.60. The lowest BCUT2D eigenvalue weighted by molar-refractivity contribution is 0.151. The van der Waals surface area contributed by atoms with E-state index in [9.17, 15) is 0 Å². The smallest absolute Gasteiger partial charge is 0.136 e. The maximum Gasteiger partial charge on any atom is 0.136 e. The average molecular weight is 287 g/mol. The number of nitrogens with two attached hydrogens (primary N) is 1. The van der Waals surface area contributed by atoms with Crippen molar-refractivity contribution in [1.82, 2.24) is 4.90 Å². The van der Waals surface area contributed by atoms with Crippen LogP contribution in [0.5, 0.6) is 0 Å². The maximum atomic E-state index is 5.85. The van der Waals surface area contributed by atoms with Crippen LogP contribution < -0.4 is 5.73 Å². The Kier molecular flexibility index (Phi) is 4.05. The number of rotatable bonds is 5. The number of hydrogen-bond acceptors (Lipinski definition) is 3. The first kappa shape index (κ1) is 12.1. The Labute approximate surface area is 105 Å². The summed E-state index contributed by atoms with van der Waals surface area (Å²) in [4.78, 5) is 2.31. The van der Waals surface area contributed by atoms with Gasteiger partial charge in [-0.05, 0) is 47.8 Å². The summed E-state index contributed by atoms with van der Waals surface area (Å²) >= 11 is 3.50. The molecule has 1 aromatic heterocycles. The lowest BCUT2D eigenvalue weighted by atomic mass is 9.85. The number of likely N-dealkylation sites (N-methyl/N-ethyl adjacent to an activating group) is 1. The van der Waals surface area contributed by atoms with Gasteiger partial charge in [0.15, 0.2) is 0 Å². The van der Waals surface area contributed by atoms with E-state index in [2.05, 4.69) is 27.9 Å². The Morgan fingerprint density at radius 1 is 1.62 bits per heavy atom. The van der Waals surface area contributed by atoms with E-state index < -0.39 is 0 Å². The van der Waals surface area contributed by atoms with Crippen molar-refractivity contribution in [2.24, 2.45) is 11.7 Å². The summed E-state index contributed by atoms with van der Waals surface area (Å²) < 4.78 is 6.52. The van der Waals surface area contributed by atoms with Crippen LogP contribution in [0.2, 0.25) is 0 Å². The van der Waals surface area contributed by atoms with Crippen molar-refractivity contribution < 1.29 is 4.42 Å². The van der Waals surface area contributed by atoms with Crippen molar-refractivity contribution in [3.05, 3.63) is 22.6 Å². The molecular formula is C12H19BrN2O. The third kappa shape index (κ3) is 2.50. The summed E-state index contributed by atoms with van der Waals surface area (Å²) in [6, 6.07) is 2.11. The molecule has 1 atom stereocenters. The van der Waals surface area contributed by atoms with Crippen LogP contribution in [-0.4, -0.2) is 25.0 Å². The van der Waals surface area contributed by atoms with Gasteiger partial charge in [0.05, 0.1) is 16.8 Å². The highest BCUT2D eigenvalue weighted by atomic mass is 79.9. The molecule has 0 bridgehead atoms. The predicted molar refractivity (Wildman–Crippen MR) is 68.2 cm³/mol. The zero-order chi connectivity index (χ0) is 11.5. The number of furan rings is 1. The Morgan fingerprint density at radius 2 is 2.38 bits per heavy atom. The molecule has 0 amide bonds. The standard InChI is InChI=1S/C12H19BrN2O/c1-15(8-9-3-2-4-9)11(7-14)12-10(13)5-6-16-12/h5-6,9,11H,2-4,7-8,14H2,1H3. The molecule has 4 heteroatoms. The van der Waals surface area contributed by atoms with Crippen molar-refractivity contribution in [2.75, 3.05) is 20.1 Å². The van der Waals surface area contributed by atoms with E-state index >= 15 is 0 Å². The highest BCUT2D eigenvalue weighted by molar-refractivity contribution is 9.10. The molecule has 1 saturated carbocycles. The maximum absolute atomic E-state index is 5.85. The van der Waals surface area contributed by atoms with Crippen molar-refractivity contribution >= 4 is 15.9 Å². The van der Waals surface area contributed by atoms with Gasteiger partial charge in [-0.15, -0.1) is 0 Å². The molecule has 1 fully saturated rings. The molecule has 90 valence electrons. The molecule has 1 aliphatic rings. The van der Waals surface area contributed by atoms with E-state index in [-0.39, 0.29) is 6.04 Å².